The number of tetrazole rings is 1. The molecule has 3 N–H and O–H groups in total. The lowest BCUT2D eigenvalue weighted by Crippen LogP contribution is -2.12. The van der Waals surface area contributed by atoms with Crippen molar-refractivity contribution in [3.05, 3.63) is 24.0 Å². The average Bonchev–Trinajstić information content (AvgIpc) is 3.11. The molecule has 0 amide bonds. The van der Waals surface area contributed by atoms with Gasteiger partial charge in [0.25, 0.3) is 0 Å². The maximum Gasteiger partial charge on any atom is 0.214 e. The van der Waals surface area contributed by atoms with E-state index < -0.39 is 0 Å². The zero-order valence-corrected chi connectivity index (χ0v) is 10.3. The third-order valence-electron chi connectivity index (χ3n) is 2.57. The Balaban J connectivity index is 1.85. The van der Waals surface area contributed by atoms with Gasteiger partial charge in [-0.05, 0) is 47.2 Å². The van der Waals surface area contributed by atoms with Crippen molar-refractivity contribution >= 4 is 17.6 Å². The zero-order chi connectivity index (χ0) is 12.5. The first-order chi connectivity index (χ1) is 8.74. The first-order valence-electron chi connectivity index (χ1n) is 5.50. The van der Waals surface area contributed by atoms with E-state index in [1.165, 1.54) is 11.8 Å². The van der Waals surface area contributed by atoms with Crippen molar-refractivity contribution in [2.75, 3.05) is 0 Å². The minimum absolute atomic E-state index is 0.0424. The molecule has 1 saturated carbocycles. The van der Waals surface area contributed by atoms with Crippen LogP contribution in [0, 0.1) is 5.41 Å². The van der Waals surface area contributed by atoms with Gasteiger partial charge in [-0.1, -0.05) is 0 Å². The summed E-state index contributed by atoms with van der Waals surface area (Å²) in [6.07, 6.45) is 3.89. The number of amidine groups is 1. The summed E-state index contributed by atoms with van der Waals surface area (Å²) in [6, 6.07) is 4.05. The number of nitrogens with one attached hydrogen (secondary N) is 1. The Morgan fingerprint density at radius 3 is 3.06 bits per heavy atom. The number of pyridine rings is 1. The second-order valence-corrected chi connectivity index (χ2v) is 5.07. The Morgan fingerprint density at radius 2 is 2.33 bits per heavy atom. The number of hydrogen-bond acceptors (Lipinski definition) is 6. The maximum absolute atomic E-state index is 7.36. The summed E-state index contributed by atoms with van der Waals surface area (Å²) < 4.78 is 1.85. The second-order valence-electron chi connectivity index (χ2n) is 4.03. The van der Waals surface area contributed by atoms with E-state index >= 15 is 0 Å². The molecule has 1 fully saturated rings. The molecule has 2 aromatic rings. The number of hydrogen-bond donors (Lipinski definition) is 2. The molecule has 0 saturated heterocycles. The van der Waals surface area contributed by atoms with Crippen LogP contribution in [0.5, 0.6) is 0 Å². The predicted molar refractivity (Wildman–Crippen MR) is 65.5 cm³/mol. The summed E-state index contributed by atoms with van der Waals surface area (Å²) in [5.41, 5.74) is 5.87. The second kappa shape index (κ2) is 4.37. The van der Waals surface area contributed by atoms with Crippen molar-refractivity contribution in [3.8, 4) is 0 Å². The summed E-state index contributed by atoms with van der Waals surface area (Å²) in [5, 5.41) is 19.8. The molecule has 0 aliphatic heterocycles. The van der Waals surface area contributed by atoms with Crippen molar-refractivity contribution in [1.82, 2.24) is 25.2 Å². The molecule has 0 radical (unpaired) electrons. The smallest absolute Gasteiger partial charge is 0.214 e. The first-order valence-corrected chi connectivity index (χ1v) is 6.32. The van der Waals surface area contributed by atoms with E-state index in [1.54, 1.807) is 12.3 Å². The highest BCUT2D eigenvalue weighted by Crippen LogP contribution is 2.37. The summed E-state index contributed by atoms with van der Waals surface area (Å²) in [7, 11) is 0. The van der Waals surface area contributed by atoms with Gasteiger partial charge in [0.05, 0.1) is 6.04 Å². The van der Waals surface area contributed by atoms with Gasteiger partial charge in [-0.3, -0.25) is 10.4 Å². The van der Waals surface area contributed by atoms with Crippen molar-refractivity contribution in [3.63, 3.8) is 0 Å². The molecule has 1 aliphatic rings. The molecule has 1 aliphatic carbocycles. The van der Waals surface area contributed by atoms with Gasteiger partial charge in [-0.25, -0.2) is 4.68 Å². The van der Waals surface area contributed by atoms with Crippen molar-refractivity contribution in [1.29, 1.82) is 5.41 Å². The molecule has 0 bridgehead atoms. The van der Waals surface area contributed by atoms with Gasteiger partial charge in [-0.2, -0.15) is 0 Å². The monoisotopic (exact) mass is 261 g/mol. The van der Waals surface area contributed by atoms with Gasteiger partial charge in [0, 0.05) is 11.1 Å². The van der Waals surface area contributed by atoms with Crippen molar-refractivity contribution in [2.24, 2.45) is 5.73 Å². The molecule has 7 nitrogen and oxygen atoms in total. The van der Waals surface area contributed by atoms with E-state index in [0.29, 0.717) is 11.7 Å². The number of nitrogens with two attached hydrogens (primary N) is 1. The molecule has 0 unspecified atom stereocenters. The van der Waals surface area contributed by atoms with Crippen molar-refractivity contribution in [2.45, 2.75) is 28.9 Å². The molecule has 0 spiro atoms. The maximum atomic E-state index is 7.36. The molecule has 0 aromatic carbocycles. The van der Waals surface area contributed by atoms with Crippen LogP contribution < -0.4 is 5.73 Å². The van der Waals surface area contributed by atoms with Crippen LogP contribution in [-0.4, -0.2) is 31.0 Å². The first kappa shape index (κ1) is 11.1. The Hall–Kier alpha value is -1.96. The largest absolute Gasteiger partial charge is 0.382 e. The third kappa shape index (κ3) is 2.19. The molecule has 92 valence electrons. The standard InChI is InChI=1S/C10H11N7S/c11-9(12)8-5-7(3-4-13-8)18-10-14-15-16-17(10)6-1-2-6/h3-6H,1-2H2,(H3,11,12). The zero-order valence-electron chi connectivity index (χ0n) is 9.45. The highest BCUT2D eigenvalue weighted by atomic mass is 32.2. The van der Waals surface area contributed by atoms with Gasteiger partial charge < -0.3 is 5.73 Å². The van der Waals surface area contributed by atoms with Gasteiger partial charge in [0.2, 0.25) is 5.16 Å². The molecule has 0 atom stereocenters. The van der Waals surface area contributed by atoms with Gasteiger partial charge in [-0.15, -0.1) is 5.10 Å². The lowest BCUT2D eigenvalue weighted by Gasteiger charge is -2.03. The van der Waals surface area contributed by atoms with Crippen molar-refractivity contribution < 1.29 is 0 Å². The topological polar surface area (TPSA) is 106 Å². The minimum Gasteiger partial charge on any atom is -0.382 e. The normalized spacial score (nSPS) is 14.7. The van der Waals surface area contributed by atoms with E-state index in [0.717, 1.165) is 22.9 Å². The molecule has 3 rings (SSSR count). The lowest BCUT2D eigenvalue weighted by molar-refractivity contribution is 0.565. The van der Waals surface area contributed by atoms with Crippen LogP contribution in [0.2, 0.25) is 0 Å². The van der Waals surface area contributed by atoms with Gasteiger partial charge >= 0.3 is 0 Å². The molecule has 8 heteroatoms. The minimum atomic E-state index is -0.0424. The van der Waals surface area contributed by atoms with Crippen LogP contribution in [0.3, 0.4) is 0 Å². The third-order valence-corrected chi connectivity index (χ3v) is 3.51. The van der Waals surface area contributed by atoms with Gasteiger partial charge in [0.1, 0.15) is 11.5 Å². The molecular formula is C10H11N7S. The number of nitrogen functional groups attached to an aromatic ring is 1. The van der Waals surface area contributed by atoms with Crippen LogP contribution in [0.15, 0.2) is 28.4 Å². The summed E-state index contributed by atoms with van der Waals surface area (Å²) >= 11 is 1.46. The predicted octanol–water partition coefficient (Wildman–Crippen LogP) is 0.838. The van der Waals surface area contributed by atoms with Crippen LogP contribution in [0.25, 0.3) is 0 Å². The summed E-state index contributed by atoms with van der Waals surface area (Å²) in [5.74, 6) is -0.0424. The Bertz CT molecular complexity index is 589. The highest BCUT2D eigenvalue weighted by Gasteiger charge is 2.28. The fraction of sp³-hybridized carbons (Fsp3) is 0.300. The SMILES string of the molecule is N=C(N)c1cc(Sc2nnnn2C2CC2)ccn1. The number of nitrogens with zero attached hydrogens (tertiary/aromatic N) is 5. The van der Waals surface area contributed by atoms with Crippen LogP contribution in [0.1, 0.15) is 24.6 Å². The van der Waals surface area contributed by atoms with E-state index in [-0.39, 0.29) is 5.84 Å². The summed E-state index contributed by atoms with van der Waals surface area (Å²) in [4.78, 5) is 4.94. The highest BCUT2D eigenvalue weighted by molar-refractivity contribution is 7.99. The lowest BCUT2D eigenvalue weighted by atomic mass is 10.3. The molecule has 2 aromatic heterocycles. The van der Waals surface area contributed by atoms with E-state index in [4.69, 9.17) is 11.1 Å². The molecule has 18 heavy (non-hydrogen) atoms. The quantitative estimate of drug-likeness (QED) is 0.624. The summed E-state index contributed by atoms with van der Waals surface area (Å²) in [6.45, 7) is 0. The molecule has 2 heterocycles. The fourth-order valence-corrected chi connectivity index (χ4v) is 2.40. The van der Waals surface area contributed by atoms with Gasteiger partial charge in [0.15, 0.2) is 0 Å². The number of rotatable bonds is 4. The van der Waals surface area contributed by atoms with E-state index in [1.807, 2.05) is 10.7 Å². The van der Waals surface area contributed by atoms with E-state index in [2.05, 4.69) is 20.5 Å². The Labute approximate surface area is 107 Å². The Morgan fingerprint density at radius 1 is 1.50 bits per heavy atom. The van der Waals surface area contributed by atoms with Crippen LogP contribution >= 0.6 is 11.8 Å². The fourth-order valence-electron chi connectivity index (χ4n) is 1.53. The van der Waals surface area contributed by atoms with Crippen LogP contribution in [0.4, 0.5) is 0 Å². The molecular weight excluding hydrogens is 250 g/mol. The van der Waals surface area contributed by atoms with Crippen LogP contribution in [-0.2, 0) is 0 Å². The van der Waals surface area contributed by atoms with E-state index in [9.17, 15) is 0 Å². The number of aromatic nitrogens is 5. The Kier molecular flexibility index (Phi) is 2.71. The average molecular weight is 261 g/mol.